The Balaban J connectivity index is 1.29. The third kappa shape index (κ3) is 5.42. The molecule has 2 aliphatic heterocycles. The second-order valence-electron chi connectivity index (χ2n) is 10.2. The Labute approximate surface area is 202 Å². The first kappa shape index (κ1) is 24.2. The van der Waals surface area contributed by atoms with Gasteiger partial charge in [-0.3, -0.25) is 20.6 Å². The molecule has 0 spiro atoms. The van der Waals surface area contributed by atoms with Gasteiger partial charge in [0, 0.05) is 25.2 Å². The molecule has 2 aliphatic rings. The molecule has 0 saturated carbocycles. The van der Waals surface area contributed by atoms with Gasteiger partial charge in [0.1, 0.15) is 17.8 Å². The molecule has 0 radical (unpaired) electrons. The number of hydrogen-bond acceptors (Lipinski definition) is 5. The molecule has 2 aromatic carbocycles. The normalized spacial score (nSPS) is 23.6. The number of para-hydroxylation sites is 1. The number of benzene rings is 2. The number of carbonyl (C=O) groups is 2. The van der Waals surface area contributed by atoms with Crippen molar-refractivity contribution in [2.75, 3.05) is 19.6 Å². The Kier molecular flexibility index (Phi) is 7.24. The molecule has 7 nitrogen and oxygen atoms in total. The van der Waals surface area contributed by atoms with Crippen molar-refractivity contribution in [3.05, 3.63) is 60.2 Å². The lowest BCUT2D eigenvalue weighted by molar-refractivity contribution is -0.134. The van der Waals surface area contributed by atoms with E-state index in [1.807, 2.05) is 66.4 Å². The Morgan fingerprint density at radius 2 is 1.71 bits per heavy atom. The summed E-state index contributed by atoms with van der Waals surface area (Å²) in [6, 6.07) is 16.9. The Morgan fingerprint density at radius 1 is 1.09 bits per heavy atom. The van der Waals surface area contributed by atoms with Gasteiger partial charge < -0.3 is 14.5 Å². The van der Waals surface area contributed by atoms with Crippen LogP contribution in [0.2, 0.25) is 0 Å². The van der Waals surface area contributed by atoms with Gasteiger partial charge in [0.05, 0.1) is 5.54 Å². The smallest absolute Gasteiger partial charge is 0.253 e. The van der Waals surface area contributed by atoms with E-state index in [-0.39, 0.29) is 11.8 Å². The van der Waals surface area contributed by atoms with E-state index in [0.29, 0.717) is 42.8 Å². The second-order valence-corrected chi connectivity index (χ2v) is 10.2. The van der Waals surface area contributed by atoms with Gasteiger partial charge in [0.25, 0.3) is 5.91 Å². The molecule has 2 fully saturated rings. The number of ether oxygens (including phenoxy) is 1. The van der Waals surface area contributed by atoms with Gasteiger partial charge in [0.2, 0.25) is 5.91 Å². The van der Waals surface area contributed by atoms with Crippen LogP contribution < -0.4 is 15.8 Å². The zero-order chi connectivity index (χ0) is 24.3. The number of amides is 2. The molecule has 2 heterocycles. The van der Waals surface area contributed by atoms with Crippen LogP contribution in [0.25, 0.3) is 0 Å². The monoisotopic (exact) mass is 464 g/mol. The van der Waals surface area contributed by atoms with Gasteiger partial charge in [-0.05, 0) is 74.4 Å². The maximum absolute atomic E-state index is 13.1. The molecule has 34 heavy (non-hydrogen) atoms. The van der Waals surface area contributed by atoms with Crippen LogP contribution in [-0.2, 0) is 4.79 Å². The van der Waals surface area contributed by atoms with Crippen LogP contribution >= 0.6 is 0 Å². The molecule has 182 valence electrons. The number of nitrogens with zero attached hydrogens (tertiary/aromatic N) is 2. The SMILES string of the molecule is CC(C)CC1(C)NC(N)N(CC2CCN(C(=O)c3ccc(Oc4ccccc4)cc3)CC2)C1=O. The van der Waals surface area contributed by atoms with E-state index >= 15 is 0 Å². The van der Waals surface area contributed by atoms with Crippen molar-refractivity contribution < 1.29 is 14.3 Å². The van der Waals surface area contributed by atoms with E-state index < -0.39 is 11.8 Å². The highest BCUT2D eigenvalue weighted by molar-refractivity contribution is 5.94. The topological polar surface area (TPSA) is 87.9 Å². The van der Waals surface area contributed by atoms with Gasteiger partial charge in [-0.25, -0.2) is 0 Å². The highest BCUT2D eigenvalue weighted by atomic mass is 16.5. The van der Waals surface area contributed by atoms with Crippen LogP contribution in [0.4, 0.5) is 0 Å². The molecule has 2 atom stereocenters. The average molecular weight is 465 g/mol. The third-order valence-corrected chi connectivity index (χ3v) is 6.79. The van der Waals surface area contributed by atoms with Crippen molar-refractivity contribution in [1.82, 2.24) is 15.1 Å². The van der Waals surface area contributed by atoms with E-state index in [0.717, 1.165) is 25.0 Å². The average Bonchev–Trinajstić information content (AvgIpc) is 3.02. The molecule has 7 heteroatoms. The summed E-state index contributed by atoms with van der Waals surface area (Å²) in [7, 11) is 0. The molecule has 3 N–H and O–H groups in total. The molecule has 2 amide bonds. The molecule has 2 saturated heterocycles. The minimum atomic E-state index is -0.597. The summed E-state index contributed by atoms with van der Waals surface area (Å²) in [6.07, 6.45) is 2.03. The fourth-order valence-corrected chi connectivity index (χ4v) is 5.14. The zero-order valence-electron chi connectivity index (χ0n) is 20.4. The van der Waals surface area contributed by atoms with Gasteiger partial charge in [-0.2, -0.15) is 0 Å². The Bertz CT molecular complexity index is 987. The summed E-state index contributed by atoms with van der Waals surface area (Å²) in [4.78, 5) is 29.7. The highest BCUT2D eigenvalue weighted by Gasteiger charge is 2.47. The molecule has 0 aromatic heterocycles. The number of piperidine rings is 1. The zero-order valence-corrected chi connectivity index (χ0v) is 20.4. The van der Waals surface area contributed by atoms with E-state index in [1.165, 1.54) is 0 Å². The lowest BCUT2D eigenvalue weighted by atomic mass is 9.90. The quantitative estimate of drug-likeness (QED) is 0.651. The minimum absolute atomic E-state index is 0.0323. The van der Waals surface area contributed by atoms with Crippen LogP contribution in [-0.4, -0.2) is 53.1 Å². The molecule has 0 aliphatic carbocycles. The van der Waals surface area contributed by atoms with Crippen molar-refractivity contribution in [2.45, 2.75) is 51.9 Å². The number of hydrogen-bond donors (Lipinski definition) is 2. The number of rotatable bonds is 7. The fraction of sp³-hybridized carbons (Fsp3) is 0.481. The first-order valence-corrected chi connectivity index (χ1v) is 12.2. The number of nitrogens with two attached hydrogens (primary N) is 1. The minimum Gasteiger partial charge on any atom is -0.457 e. The summed E-state index contributed by atoms with van der Waals surface area (Å²) < 4.78 is 5.82. The van der Waals surface area contributed by atoms with Gasteiger partial charge in [-0.15, -0.1) is 0 Å². The number of likely N-dealkylation sites (tertiary alicyclic amines) is 1. The van der Waals surface area contributed by atoms with Crippen molar-refractivity contribution in [2.24, 2.45) is 17.6 Å². The Hall–Kier alpha value is -2.90. The molecule has 0 bridgehead atoms. The van der Waals surface area contributed by atoms with Gasteiger partial charge in [0.15, 0.2) is 0 Å². The first-order valence-electron chi connectivity index (χ1n) is 12.2. The first-order chi connectivity index (χ1) is 16.2. The van der Waals surface area contributed by atoms with Crippen molar-refractivity contribution in [1.29, 1.82) is 0 Å². The number of carbonyl (C=O) groups excluding carboxylic acids is 2. The van der Waals surface area contributed by atoms with E-state index in [9.17, 15) is 9.59 Å². The maximum Gasteiger partial charge on any atom is 0.253 e. The van der Waals surface area contributed by atoms with Crippen LogP contribution in [0.5, 0.6) is 11.5 Å². The summed E-state index contributed by atoms with van der Waals surface area (Å²) >= 11 is 0. The summed E-state index contributed by atoms with van der Waals surface area (Å²) in [5.74, 6) is 2.33. The van der Waals surface area contributed by atoms with Crippen LogP contribution in [0.3, 0.4) is 0 Å². The lowest BCUT2D eigenvalue weighted by Gasteiger charge is -2.35. The summed E-state index contributed by atoms with van der Waals surface area (Å²) in [5.41, 5.74) is 6.33. The van der Waals surface area contributed by atoms with Crippen LogP contribution in [0.15, 0.2) is 54.6 Å². The third-order valence-electron chi connectivity index (χ3n) is 6.79. The molecular weight excluding hydrogens is 428 g/mol. The largest absolute Gasteiger partial charge is 0.457 e. The van der Waals surface area contributed by atoms with E-state index in [4.69, 9.17) is 10.5 Å². The Morgan fingerprint density at radius 3 is 2.32 bits per heavy atom. The summed E-state index contributed by atoms with van der Waals surface area (Å²) in [6.45, 7) is 8.18. The summed E-state index contributed by atoms with van der Waals surface area (Å²) in [5, 5.41) is 3.30. The maximum atomic E-state index is 13.1. The molecular formula is C27H36N4O3. The predicted octanol–water partition coefficient (Wildman–Crippen LogP) is 3.81. The second kappa shape index (κ2) is 10.2. The van der Waals surface area contributed by atoms with Gasteiger partial charge >= 0.3 is 0 Å². The molecule has 2 aromatic rings. The predicted molar refractivity (Wildman–Crippen MR) is 132 cm³/mol. The number of nitrogens with one attached hydrogen (secondary N) is 1. The van der Waals surface area contributed by atoms with E-state index in [1.54, 1.807) is 4.90 Å². The van der Waals surface area contributed by atoms with Crippen molar-refractivity contribution in [3.8, 4) is 11.5 Å². The molecule has 4 rings (SSSR count). The standard InChI is InChI=1S/C27H36N4O3/c1-19(2)17-27(3)25(33)31(26(28)29-27)18-20-13-15-30(16-14-20)24(32)21-9-11-23(12-10-21)34-22-7-5-4-6-8-22/h4-12,19-20,26,29H,13-18,28H2,1-3H3. The van der Waals surface area contributed by atoms with Crippen molar-refractivity contribution >= 4 is 11.8 Å². The lowest BCUT2D eigenvalue weighted by Crippen LogP contribution is -2.49. The van der Waals surface area contributed by atoms with Crippen LogP contribution in [0, 0.1) is 11.8 Å². The van der Waals surface area contributed by atoms with Gasteiger partial charge in [-0.1, -0.05) is 32.0 Å². The fourth-order valence-electron chi connectivity index (χ4n) is 5.14. The molecule has 2 unspecified atom stereocenters. The van der Waals surface area contributed by atoms with Crippen molar-refractivity contribution in [3.63, 3.8) is 0 Å². The van der Waals surface area contributed by atoms with Crippen LogP contribution in [0.1, 0.15) is 50.4 Å². The highest BCUT2D eigenvalue weighted by Crippen LogP contribution is 2.29. The van der Waals surface area contributed by atoms with E-state index in [2.05, 4.69) is 19.2 Å².